The van der Waals surface area contributed by atoms with E-state index in [9.17, 15) is 14.7 Å². The molecule has 3 aliphatic rings. The minimum absolute atomic E-state index is 0.138. The molecule has 2 heterocycles. The van der Waals surface area contributed by atoms with Crippen LogP contribution in [-0.2, 0) is 16.0 Å². The number of carboxylic acids is 1. The third-order valence-corrected chi connectivity index (χ3v) is 6.25. The molecule has 1 N–H and O–H groups in total. The van der Waals surface area contributed by atoms with Gasteiger partial charge in [-0.05, 0) is 36.3 Å². The molecule has 1 aliphatic carbocycles. The van der Waals surface area contributed by atoms with E-state index in [0.717, 1.165) is 18.7 Å². The molecule has 0 unspecified atom stereocenters. The lowest BCUT2D eigenvalue weighted by atomic mass is 9.62. The zero-order chi connectivity index (χ0) is 16.7. The number of carbonyl (C=O) groups excluding carboxylic acids is 1. The highest BCUT2D eigenvalue weighted by molar-refractivity contribution is 5.89. The fraction of sp³-hybridized carbons (Fsp3) is 0.579. The second-order valence-electron chi connectivity index (χ2n) is 7.41. The smallest absolute Gasteiger partial charge is 0.335 e. The first-order valence-electron chi connectivity index (χ1n) is 8.79. The van der Waals surface area contributed by atoms with Crippen LogP contribution >= 0.6 is 0 Å². The van der Waals surface area contributed by atoms with E-state index in [1.165, 1.54) is 19.3 Å². The van der Waals surface area contributed by atoms with Crippen molar-refractivity contribution >= 4 is 11.9 Å². The van der Waals surface area contributed by atoms with Crippen molar-refractivity contribution in [1.82, 2.24) is 4.90 Å². The number of rotatable bonds is 4. The first-order valence-corrected chi connectivity index (χ1v) is 8.79. The van der Waals surface area contributed by atoms with Gasteiger partial charge in [0.2, 0.25) is 5.91 Å². The number of amides is 1. The highest BCUT2D eigenvalue weighted by Crippen LogP contribution is 2.55. The molecule has 5 heteroatoms. The summed E-state index contributed by atoms with van der Waals surface area (Å²) >= 11 is 0. The Labute approximate surface area is 141 Å². The van der Waals surface area contributed by atoms with Crippen molar-refractivity contribution in [3.8, 4) is 0 Å². The molecule has 24 heavy (non-hydrogen) atoms. The molecular formula is C19H23NO4. The van der Waals surface area contributed by atoms with Gasteiger partial charge in [-0.1, -0.05) is 24.6 Å². The summed E-state index contributed by atoms with van der Waals surface area (Å²) in [5, 5.41) is 9.26. The van der Waals surface area contributed by atoms with Crippen LogP contribution in [0.5, 0.6) is 0 Å². The van der Waals surface area contributed by atoms with Crippen molar-refractivity contribution in [2.75, 3.05) is 19.8 Å². The van der Waals surface area contributed by atoms with Crippen molar-refractivity contribution in [1.29, 1.82) is 0 Å². The van der Waals surface area contributed by atoms with Gasteiger partial charge in [-0.15, -0.1) is 0 Å². The largest absolute Gasteiger partial charge is 0.478 e. The molecule has 1 aromatic carbocycles. The van der Waals surface area contributed by atoms with Crippen molar-refractivity contribution in [2.24, 2.45) is 11.3 Å². The van der Waals surface area contributed by atoms with E-state index in [4.69, 9.17) is 4.74 Å². The van der Waals surface area contributed by atoms with E-state index in [0.29, 0.717) is 36.3 Å². The van der Waals surface area contributed by atoms with Crippen molar-refractivity contribution in [3.05, 3.63) is 35.4 Å². The molecule has 1 spiro atoms. The lowest BCUT2D eigenvalue weighted by molar-refractivity contribution is -0.133. The van der Waals surface area contributed by atoms with E-state index >= 15 is 0 Å². The van der Waals surface area contributed by atoms with Crippen LogP contribution in [0.3, 0.4) is 0 Å². The third-order valence-electron chi connectivity index (χ3n) is 6.25. The highest BCUT2D eigenvalue weighted by Gasteiger charge is 2.58. The molecule has 2 aliphatic heterocycles. The van der Waals surface area contributed by atoms with Gasteiger partial charge >= 0.3 is 5.97 Å². The molecule has 0 bridgehead atoms. The zero-order valence-corrected chi connectivity index (χ0v) is 13.7. The Morgan fingerprint density at radius 1 is 1.25 bits per heavy atom. The number of carbonyl (C=O) groups is 2. The van der Waals surface area contributed by atoms with Gasteiger partial charge < -0.3 is 14.7 Å². The number of carboxylic acid groups (broad SMARTS) is 1. The van der Waals surface area contributed by atoms with Gasteiger partial charge in [-0.2, -0.15) is 0 Å². The average Bonchev–Trinajstić information content (AvgIpc) is 3.12. The van der Waals surface area contributed by atoms with Gasteiger partial charge in [0.25, 0.3) is 0 Å². The summed E-state index contributed by atoms with van der Waals surface area (Å²) in [7, 11) is 0. The van der Waals surface area contributed by atoms with E-state index < -0.39 is 5.97 Å². The maximum absolute atomic E-state index is 12.8. The van der Waals surface area contributed by atoms with Gasteiger partial charge in [-0.3, -0.25) is 4.79 Å². The average molecular weight is 329 g/mol. The van der Waals surface area contributed by atoms with Gasteiger partial charge in [0.15, 0.2) is 0 Å². The van der Waals surface area contributed by atoms with Crippen LogP contribution in [0, 0.1) is 11.3 Å². The van der Waals surface area contributed by atoms with Crippen molar-refractivity contribution in [3.63, 3.8) is 0 Å². The molecule has 128 valence electrons. The molecule has 5 nitrogen and oxygen atoms in total. The predicted octanol–water partition coefficient (Wildman–Crippen LogP) is 2.34. The highest BCUT2D eigenvalue weighted by atomic mass is 16.5. The standard InChI is InChI=1S/C19H23NO4/c21-17(7-6-13-4-1-2-5-14(13)18(22)23)20-12-19(8-3-9-19)15-10-24-11-16(15)20/h1-2,4-5,15-16H,3,6-12H2,(H,22,23)/t15-,16+/m1/s1. The Bertz CT molecular complexity index is 667. The first-order chi connectivity index (χ1) is 11.6. The Balaban J connectivity index is 1.45. The Morgan fingerprint density at radius 2 is 2.04 bits per heavy atom. The maximum Gasteiger partial charge on any atom is 0.335 e. The zero-order valence-electron chi connectivity index (χ0n) is 13.7. The molecular weight excluding hydrogens is 306 g/mol. The number of aromatic carboxylic acids is 1. The van der Waals surface area contributed by atoms with Crippen LogP contribution in [0.2, 0.25) is 0 Å². The fourth-order valence-corrected chi connectivity index (χ4v) is 4.77. The normalized spacial score (nSPS) is 27.1. The lowest BCUT2D eigenvalue weighted by Gasteiger charge is -2.42. The predicted molar refractivity (Wildman–Crippen MR) is 87.8 cm³/mol. The summed E-state index contributed by atoms with van der Waals surface area (Å²) in [6.07, 6.45) is 4.52. The third kappa shape index (κ3) is 2.42. The number of fused-ring (bicyclic) bond motifs is 2. The topological polar surface area (TPSA) is 66.8 Å². The SMILES string of the molecule is O=C(O)c1ccccc1CCC(=O)N1CC2(CCC2)[C@@H]2COC[C@@H]21. The number of benzene rings is 1. The van der Waals surface area contributed by atoms with Crippen LogP contribution in [0.25, 0.3) is 0 Å². The summed E-state index contributed by atoms with van der Waals surface area (Å²) in [6.45, 7) is 2.31. The Hall–Kier alpha value is -1.88. The minimum Gasteiger partial charge on any atom is -0.478 e. The number of aryl methyl sites for hydroxylation is 1. The molecule has 1 saturated carbocycles. The van der Waals surface area contributed by atoms with Crippen LogP contribution in [0.1, 0.15) is 41.6 Å². The second kappa shape index (κ2) is 5.88. The van der Waals surface area contributed by atoms with Gasteiger partial charge in [0.05, 0.1) is 24.8 Å². The Kier molecular flexibility index (Phi) is 3.83. The number of hydrogen-bond acceptors (Lipinski definition) is 3. The molecule has 1 amide bonds. The molecule has 1 aromatic rings. The molecule has 3 fully saturated rings. The van der Waals surface area contributed by atoms with Crippen LogP contribution in [-0.4, -0.2) is 47.7 Å². The number of ether oxygens (including phenoxy) is 1. The van der Waals surface area contributed by atoms with Crippen LogP contribution < -0.4 is 0 Å². The van der Waals surface area contributed by atoms with Gasteiger partial charge in [0, 0.05) is 18.9 Å². The molecule has 0 radical (unpaired) electrons. The van der Waals surface area contributed by atoms with Crippen LogP contribution in [0.4, 0.5) is 0 Å². The van der Waals surface area contributed by atoms with Crippen LogP contribution in [0.15, 0.2) is 24.3 Å². The summed E-state index contributed by atoms with van der Waals surface area (Å²) in [5.74, 6) is -0.294. The van der Waals surface area contributed by atoms with E-state index in [1.54, 1.807) is 18.2 Å². The maximum atomic E-state index is 12.8. The van der Waals surface area contributed by atoms with Gasteiger partial charge in [-0.25, -0.2) is 4.79 Å². The molecule has 4 rings (SSSR count). The van der Waals surface area contributed by atoms with Crippen molar-refractivity contribution < 1.29 is 19.4 Å². The monoisotopic (exact) mass is 329 g/mol. The number of hydrogen-bond donors (Lipinski definition) is 1. The first kappa shape index (κ1) is 15.6. The second-order valence-corrected chi connectivity index (χ2v) is 7.41. The molecule has 0 aromatic heterocycles. The summed E-state index contributed by atoms with van der Waals surface area (Å²) < 4.78 is 5.66. The summed E-state index contributed by atoms with van der Waals surface area (Å²) in [5.41, 5.74) is 1.33. The number of likely N-dealkylation sites (tertiary alicyclic amines) is 1. The number of nitrogens with zero attached hydrogens (tertiary/aromatic N) is 1. The summed E-state index contributed by atoms with van der Waals surface area (Å²) in [6, 6.07) is 7.17. The van der Waals surface area contributed by atoms with E-state index in [2.05, 4.69) is 0 Å². The summed E-state index contributed by atoms with van der Waals surface area (Å²) in [4.78, 5) is 26.1. The lowest BCUT2D eigenvalue weighted by Crippen LogP contribution is -2.40. The van der Waals surface area contributed by atoms with Gasteiger partial charge in [0.1, 0.15) is 0 Å². The van der Waals surface area contributed by atoms with E-state index in [-0.39, 0.29) is 11.9 Å². The quantitative estimate of drug-likeness (QED) is 0.921. The molecule has 2 atom stereocenters. The fourth-order valence-electron chi connectivity index (χ4n) is 4.77. The van der Waals surface area contributed by atoms with Crippen molar-refractivity contribution in [2.45, 2.75) is 38.1 Å². The molecule has 2 saturated heterocycles. The van der Waals surface area contributed by atoms with E-state index in [1.807, 2.05) is 11.0 Å². The minimum atomic E-state index is -0.933. The Morgan fingerprint density at radius 3 is 2.75 bits per heavy atom.